The van der Waals surface area contributed by atoms with Crippen LogP contribution in [-0.4, -0.2) is 36.5 Å². The number of aliphatic carboxylic acids is 1. The van der Waals surface area contributed by atoms with E-state index in [-0.39, 0.29) is 19.1 Å². The Morgan fingerprint density at radius 3 is 2.53 bits per heavy atom. The van der Waals surface area contributed by atoms with Crippen LogP contribution in [0.3, 0.4) is 0 Å². The first-order valence-electron chi connectivity index (χ1n) is 9.98. The number of para-hydroxylation sites is 1. The third-order valence-electron chi connectivity index (χ3n) is 5.00. The van der Waals surface area contributed by atoms with Gasteiger partial charge in [0, 0.05) is 11.4 Å². The lowest BCUT2D eigenvalue weighted by molar-refractivity contribution is -0.145. The van der Waals surface area contributed by atoms with Crippen molar-refractivity contribution >= 4 is 29.2 Å². The number of hydrogen-bond acceptors (Lipinski definition) is 5. The van der Waals surface area contributed by atoms with Crippen LogP contribution in [0.15, 0.2) is 72.8 Å². The number of carbonyl (C=O) groups is 2. The fraction of sp³-hybridized carbons (Fsp3) is 0.167. The van der Waals surface area contributed by atoms with E-state index in [1.54, 1.807) is 54.6 Å². The number of rotatable bonds is 8. The van der Waals surface area contributed by atoms with Gasteiger partial charge in [-0.3, -0.25) is 4.79 Å². The maximum Gasteiger partial charge on any atom is 0.345 e. The van der Waals surface area contributed by atoms with Crippen molar-refractivity contribution in [3.05, 3.63) is 88.9 Å². The highest BCUT2D eigenvalue weighted by atomic mass is 35.5. The molecule has 0 fully saturated rings. The topological polar surface area (TPSA) is 88.1 Å². The normalized spacial score (nSPS) is 13.7. The average molecular weight is 453 g/mol. The average Bonchev–Trinajstić information content (AvgIpc) is 2.80. The zero-order chi connectivity index (χ0) is 22.5. The predicted molar refractivity (Wildman–Crippen MR) is 120 cm³/mol. The zero-order valence-electron chi connectivity index (χ0n) is 17.0. The van der Waals surface area contributed by atoms with Gasteiger partial charge in [-0.25, -0.2) is 4.79 Å². The molecule has 4 rings (SSSR count). The molecule has 1 amide bonds. The quantitative estimate of drug-likeness (QED) is 0.538. The number of nitrogens with one attached hydrogen (secondary N) is 1. The van der Waals surface area contributed by atoms with E-state index in [4.69, 9.17) is 21.1 Å². The standard InChI is InChI=1S/C24H21ClN2O5/c25-17-8-11-21-20(13-17)23(28)26-14-27(21)15-31-18-9-6-16(7-10-18)12-22(24(29)30)32-19-4-2-1-3-5-19/h1-11,13,22H,12,14-15H2,(H,26,28)(H,29,30). The Bertz CT molecular complexity index is 1110. The van der Waals surface area contributed by atoms with E-state index in [9.17, 15) is 14.7 Å². The van der Waals surface area contributed by atoms with Crippen LogP contribution in [0.5, 0.6) is 11.5 Å². The maximum absolute atomic E-state index is 12.1. The summed E-state index contributed by atoms with van der Waals surface area (Å²) in [6.07, 6.45) is -0.777. The number of carbonyl (C=O) groups excluding carboxylic acids is 1. The van der Waals surface area contributed by atoms with Crippen molar-refractivity contribution in [3.8, 4) is 11.5 Å². The number of ether oxygens (including phenoxy) is 2. The molecule has 7 nitrogen and oxygen atoms in total. The number of hydrogen-bond donors (Lipinski definition) is 2. The van der Waals surface area contributed by atoms with E-state index in [0.717, 1.165) is 11.3 Å². The van der Waals surface area contributed by atoms with Gasteiger partial charge in [-0.05, 0) is 48.0 Å². The van der Waals surface area contributed by atoms with E-state index in [2.05, 4.69) is 5.32 Å². The molecule has 2 N–H and O–H groups in total. The smallest absolute Gasteiger partial charge is 0.345 e. The van der Waals surface area contributed by atoms with Gasteiger partial charge in [-0.2, -0.15) is 0 Å². The molecule has 0 saturated carbocycles. The lowest BCUT2D eigenvalue weighted by atomic mass is 10.1. The first-order valence-corrected chi connectivity index (χ1v) is 10.4. The minimum atomic E-state index is -1.03. The van der Waals surface area contributed by atoms with Crippen LogP contribution >= 0.6 is 11.6 Å². The third-order valence-corrected chi connectivity index (χ3v) is 5.24. The molecule has 0 spiro atoms. The van der Waals surface area contributed by atoms with Crippen LogP contribution in [0.25, 0.3) is 0 Å². The third kappa shape index (κ3) is 5.12. The Morgan fingerprint density at radius 1 is 1.06 bits per heavy atom. The van der Waals surface area contributed by atoms with Gasteiger partial charge >= 0.3 is 5.97 Å². The molecule has 3 aromatic rings. The highest BCUT2D eigenvalue weighted by Gasteiger charge is 2.23. The van der Waals surface area contributed by atoms with Gasteiger partial charge < -0.3 is 24.8 Å². The Balaban J connectivity index is 1.37. The van der Waals surface area contributed by atoms with Gasteiger partial charge in [0.2, 0.25) is 0 Å². The van der Waals surface area contributed by atoms with Crippen LogP contribution in [0.2, 0.25) is 5.02 Å². The molecule has 0 aliphatic carbocycles. The molecule has 32 heavy (non-hydrogen) atoms. The summed E-state index contributed by atoms with van der Waals surface area (Å²) < 4.78 is 11.5. The fourth-order valence-electron chi connectivity index (χ4n) is 3.36. The summed E-state index contributed by atoms with van der Waals surface area (Å²) in [5.41, 5.74) is 2.06. The van der Waals surface area contributed by atoms with Gasteiger partial charge in [-0.15, -0.1) is 0 Å². The zero-order valence-corrected chi connectivity index (χ0v) is 17.8. The van der Waals surface area contributed by atoms with Crippen molar-refractivity contribution in [1.29, 1.82) is 0 Å². The summed E-state index contributed by atoms with van der Waals surface area (Å²) in [5.74, 6) is -0.0686. The molecule has 0 saturated heterocycles. The van der Waals surface area contributed by atoms with E-state index >= 15 is 0 Å². The molecule has 1 aliphatic heterocycles. The Hall–Kier alpha value is -3.71. The highest BCUT2D eigenvalue weighted by Crippen LogP contribution is 2.27. The molecule has 0 radical (unpaired) electrons. The van der Waals surface area contributed by atoms with E-state index < -0.39 is 12.1 Å². The molecule has 164 valence electrons. The van der Waals surface area contributed by atoms with Gasteiger partial charge in [-0.1, -0.05) is 41.9 Å². The molecule has 3 aromatic carbocycles. The van der Waals surface area contributed by atoms with Crippen LogP contribution in [0.1, 0.15) is 15.9 Å². The van der Waals surface area contributed by atoms with Crippen molar-refractivity contribution in [3.63, 3.8) is 0 Å². The number of benzene rings is 3. The molecular weight excluding hydrogens is 432 g/mol. The number of nitrogens with zero attached hydrogens (tertiary/aromatic N) is 1. The molecular formula is C24H21ClN2O5. The van der Waals surface area contributed by atoms with Crippen molar-refractivity contribution in [2.75, 3.05) is 18.3 Å². The minimum absolute atomic E-state index is 0.172. The number of amides is 1. The van der Waals surface area contributed by atoms with E-state index in [1.807, 2.05) is 23.1 Å². The first kappa shape index (κ1) is 21.5. The van der Waals surface area contributed by atoms with Crippen LogP contribution in [0.4, 0.5) is 5.69 Å². The summed E-state index contributed by atoms with van der Waals surface area (Å²) in [4.78, 5) is 25.5. The van der Waals surface area contributed by atoms with Crippen molar-refractivity contribution in [2.45, 2.75) is 12.5 Å². The molecule has 1 unspecified atom stereocenters. The number of anilines is 1. The largest absolute Gasteiger partial charge is 0.478 e. The number of carboxylic acids is 1. The molecule has 1 atom stereocenters. The second-order valence-electron chi connectivity index (χ2n) is 7.24. The Labute approximate surface area is 190 Å². The summed E-state index contributed by atoms with van der Waals surface area (Å²) in [6.45, 7) is 0.547. The molecule has 8 heteroatoms. The molecule has 0 aromatic heterocycles. The van der Waals surface area contributed by atoms with Gasteiger partial charge in [0.05, 0.1) is 17.9 Å². The van der Waals surface area contributed by atoms with Gasteiger partial charge in [0.15, 0.2) is 12.8 Å². The van der Waals surface area contributed by atoms with Crippen molar-refractivity contribution in [2.24, 2.45) is 0 Å². The summed E-state index contributed by atoms with van der Waals surface area (Å²) in [5, 5.41) is 12.8. The Kier molecular flexibility index (Phi) is 6.47. The number of carboxylic acid groups (broad SMARTS) is 1. The van der Waals surface area contributed by atoms with Gasteiger partial charge in [0.25, 0.3) is 5.91 Å². The van der Waals surface area contributed by atoms with Crippen molar-refractivity contribution in [1.82, 2.24) is 5.32 Å². The summed E-state index contributed by atoms with van der Waals surface area (Å²) in [6, 6.07) is 21.2. The molecule has 1 heterocycles. The van der Waals surface area contributed by atoms with E-state index in [1.165, 1.54) is 0 Å². The first-order chi connectivity index (χ1) is 15.5. The monoisotopic (exact) mass is 452 g/mol. The number of halogens is 1. The van der Waals surface area contributed by atoms with Gasteiger partial charge in [0.1, 0.15) is 11.5 Å². The molecule has 1 aliphatic rings. The van der Waals surface area contributed by atoms with Crippen molar-refractivity contribution < 1.29 is 24.2 Å². The van der Waals surface area contributed by atoms with E-state index in [0.29, 0.717) is 28.8 Å². The predicted octanol–water partition coefficient (Wildman–Crippen LogP) is 3.96. The second kappa shape index (κ2) is 9.62. The lowest BCUT2D eigenvalue weighted by Crippen LogP contribution is -2.45. The second-order valence-corrected chi connectivity index (χ2v) is 7.68. The van der Waals surface area contributed by atoms with Crippen LogP contribution in [-0.2, 0) is 11.2 Å². The summed E-state index contributed by atoms with van der Waals surface area (Å²) in [7, 11) is 0. The maximum atomic E-state index is 12.1. The number of fused-ring (bicyclic) bond motifs is 1. The lowest BCUT2D eigenvalue weighted by Gasteiger charge is -2.31. The molecule has 0 bridgehead atoms. The summed E-state index contributed by atoms with van der Waals surface area (Å²) >= 11 is 6.00. The Morgan fingerprint density at radius 2 is 1.81 bits per heavy atom. The highest BCUT2D eigenvalue weighted by molar-refractivity contribution is 6.31. The van der Waals surface area contributed by atoms with Crippen LogP contribution < -0.4 is 19.7 Å². The SMILES string of the molecule is O=C1NCN(COc2ccc(CC(Oc3ccccc3)C(=O)O)cc2)c2ccc(Cl)cc21. The van der Waals surface area contributed by atoms with Crippen LogP contribution in [0, 0.1) is 0 Å². The fourth-order valence-corrected chi connectivity index (χ4v) is 3.53. The minimum Gasteiger partial charge on any atom is -0.478 e.